The predicted molar refractivity (Wildman–Crippen MR) is 252 cm³/mol. The quantitative estimate of drug-likeness (QED) is 0.0212. The van der Waals surface area contributed by atoms with Crippen LogP contribution in [0.4, 0.5) is 0 Å². The Labute approximate surface area is 370 Å². The molecule has 0 amide bonds. The fourth-order valence-corrected chi connectivity index (χ4v) is 7.49. The lowest BCUT2D eigenvalue weighted by Gasteiger charge is -2.24. The van der Waals surface area contributed by atoms with Crippen LogP contribution in [0.15, 0.2) is 36.5 Å². The average Bonchev–Trinajstić information content (AvgIpc) is 3.20. The van der Waals surface area contributed by atoms with Crippen LogP contribution < -0.4 is 0 Å². The van der Waals surface area contributed by atoms with E-state index in [-0.39, 0.29) is 32.0 Å². The molecule has 1 N–H and O–H groups in total. The largest absolute Gasteiger partial charge is 0.472 e. The highest BCUT2D eigenvalue weighted by Gasteiger charge is 2.27. The molecule has 9 nitrogen and oxygen atoms in total. The Kier molecular flexibility index (Phi) is 41.3. The third kappa shape index (κ3) is 45.7. The molecule has 0 aliphatic carbocycles. The number of hydrogen-bond donors (Lipinski definition) is 1. The Balaban J connectivity index is 4.28. The SMILES string of the molecule is CCCCC/C=C\C/C=C\CCCCCCCCCC(=O)O[C@H](COC(=O)CCCCCCCCCCC/C=C\CCCCCCCC)COP(=O)(O)OCC[N+](C)(C)C. The minimum Gasteiger partial charge on any atom is -0.462 e. The zero-order valence-corrected chi connectivity index (χ0v) is 40.6. The highest BCUT2D eigenvalue weighted by molar-refractivity contribution is 7.47. The van der Waals surface area contributed by atoms with Crippen LogP contribution in [0.5, 0.6) is 0 Å². The Morgan fingerprint density at radius 3 is 1.37 bits per heavy atom. The topological polar surface area (TPSA) is 108 Å². The maximum atomic E-state index is 12.7. The number of hydrogen-bond acceptors (Lipinski definition) is 7. The van der Waals surface area contributed by atoms with Crippen molar-refractivity contribution in [3.63, 3.8) is 0 Å². The molecule has 0 fully saturated rings. The number of carbonyl (C=O) groups excluding carboxylic acids is 2. The molecule has 0 heterocycles. The minimum absolute atomic E-state index is 0.0299. The van der Waals surface area contributed by atoms with Crippen molar-refractivity contribution in [2.24, 2.45) is 0 Å². The number of quaternary nitrogens is 1. The zero-order chi connectivity index (χ0) is 44.3. The maximum Gasteiger partial charge on any atom is 0.472 e. The summed E-state index contributed by atoms with van der Waals surface area (Å²) in [5.74, 6) is -0.804. The molecule has 10 heteroatoms. The summed E-state index contributed by atoms with van der Waals surface area (Å²) in [5, 5.41) is 0. The molecule has 0 bridgehead atoms. The molecule has 0 aromatic heterocycles. The molecule has 0 saturated heterocycles. The molecule has 0 radical (unpaired) electrons. The molecule has 352 valence electrons. The van der Waals surface area contributed by atoms with E-state index in [1.807, 2.05) is 21.1 Å². The fourth-order valence-electron chi connectivity index (χ4n) is 6.75. The predicted octanol–water partition coefficient (Wildman–Crippen LogP) is 14.5. The first kappa shape index (κ1) is 58.2. The van der Waals surface area contributed by atoms with Crippen molar-refractivity contribution < 1.29 is 42.1 Å². The van der Waals surface area contributed by atoms with E-state index in [0.717, 1.165) is 51.4 Å². The van der Waals surface area contributed by atoms with E-state index in [2.05, 4.69) is 50.3 Å². The molecule has 60 heavy (non-hydrogen) atoms. The fraction of sp³-hybridized carbons (Fsp3) is 0.840. The van der Waals surface area contributed by atoms with Gasteiger partial charge in [0, 0.05) is 12.8 Å². The molecule has 2 atom stereocenters. The Hall–Kier alpha value is -1.77. The van der Waals surface area contributed by atoms with Crippen LogP contribution in [0, 0.1) is 0 Å². The molecule has 0 saturated carbocycles. The van der Waals surface area contributed by atoms with Crippen LogP contribution >= 0.6 is 7.82 Å². The van der Waals surface area contributed by atoms with Crippen LogP contribution in [-0.2, 0) is 32.7 Å². The van der Waals surface area contributed by atoms with Crippen molar-refractivity contribution >= 4 is 19.8 Å². The number of nitrogens with zero attached hydrogens (tertiary/aromatic N) is 1. The summed E-state index contributed by atoms with van der Waals surface area (Å²) >= 11 is 0. The minimum atomic E-state index is -4.38. The van der Waals surface area contributed by atoms with Gasteiger partial charge >= 0.3 is 19.8 Å². The average molecular weight is 869 g/mol. The van der Waals surface area contributed by atoms with Gasteiger partial charge < -0.3 is 18.9 Å². The molecular formula is C50H95NO8P+. The van der Waals surface area contributed by atoms with Gasteiger partial charge in [-0.15, -0.1) is 0 Å². The lowest BCUT2D eigenvalue weighted by Crippen LogP contribution is -2.37. The third-order valence-corrected chi connectivity index (χ3v) is 11.6. The van der Waals surface area contributed by atoms with E-state index in [4.69, 9.17) is 18.5 Å². The van der Waals surface area contributed by atoms with Gasteiger partial charge in [0.1, 0.15) is 19.8 Å². The monoisotopic (exact) mass is 869 g/mol. The van der Waals surface area contributed by atoms with Crippen LogP contribution in [0.25, 0.3) is 0 Å². The van der Waals surface area contributed by atoms with Crippen LogP contribution in [-0.4, -0.2) is 74.9 Å². The highest BCUT2D eigenvalue weighted by atomic mass is 31.2. The maximum absolute atomic E-state index is 12.7. The number of carbonyl (C=O) groups is 2. The smallest absolute Gasteiger partial charge is 0.462 e. The molecular weight excluding hydrogens is 774 g/mol. The van der Waals surface area contributed by atoms with Gasteiger partial charge in [0.15, 0.2) is 6.10 Å². The lowest BCUT2D eigenvalue weighted by atomic mass is 10.1. The summed E-state index contributed by atoms with van der Waals surface area (Å²) in [7, 11) is 1.47. The number of esters is 2. The van der Waals surface area contributed by atoms with Gasteiger partial charge in [-0.3, -0.25) is 18.6 Å². The van der Waals surface area contributed by atoms with Crippen molar-refractivity contribution in [2.45, 2.75) is 225 Å². The second-order valence-corrected chi connectivity index (χ2v) is 19.3. The molecule has 0 aliphatic rings. The van der Waals surface area contributed by atoms with Gasteiger partial charge in [0.2, 0.25) is 0 Å². The summed E-state index contributed by atoms with van der Waals surface area (Å²) in [6, 6.07) is 0. The molecule has 0 spiro atoms. The van der Waals surface area contributed by atoms with E-state index in [9.17, 15) is 19.0 Å². The second kappa shape index (κ2) is 42.5. The van der Waals surface area contributed by atoms with Crippen molar-refractivity contribution in [3.05, 3.63) is 36.5 Å². The summed E-state index contributed by atoms with van der Waals surface area (Å²) < 4.78 is 34.4. The van der Waals surface area contributed by atoms with Crippen LogP contribution in [0.3, 0.4) is 0 Å². The number of ether oxygens (including phenoxy) is 2. The first-order valence-corrected chi connectivity index (χ1v) is 26.2. The molecule has 0 aromatic carbocycles. The van der Waals surface area contributed by atoms with E-state index in [0.29, 0.717) is 17.4 Å². The van der Waals surface area contributed by atoms with E-state index >= 15 is 0 Å². The number of phosphoric acid groups is 1. The Bertz CT molecular complexity index is 1120. The molecule has 0 rings (SSSR count). The standard InChI is InChI=1S/C50H94NO8P/c1-6-8-10-12-14-16-18-20-22-24-25-27-28-30-32-34-36-38-40-42-49(52)56-46-48(47-58-60(54,55)57-45-44-51(3,4)5)59-50(53)43-41-39-37-35-33-31-29-26-23-21-19-17-15-13-11-9-7-2/h15,17,20-23,48H,6-14,16,18-19,24-47H2,1-5H3/p+1/b17-15-,22-20-,23-21-/t48-/m1/s1. The Morgan fingerprint density at radius 1 is 0.517 bits per heavy atom. The first-order valence-electron chi connectivity index (χ1n) is 24.7. The third-order valence-electron chi connectivity index (χ3n) is 10.6. The van der Waals surface area contributed by atoms with Crippen molar-refractivity contribution in [1.82, 2.24) is 0 Å². The van der Waals surface area contributed by atoms with Gasteiger partial charge in [0.05, 0.1) is 27.7 Å². The number of phosphoric ester groups is 1. The summed E-state index contributed by atoms with van der Waals surface area (Å²) in [6.45, 7) is 4.40. The number of likely N-dealkylation sites (N-methyl/N-ethyl adjacent to an activating group) is 1. The van der Waals surface area contributed by atoms with E-state index in [1.54, 1.807) is 0 Å². The number of rotatable bonds is 45. The first-order chi connectivity index (χ1) is 29.0. The Morgan fingerprint density at radius 2 is 0.900 bits per heavy atom. The van der Waals surface area contributed by atoms with Crippen molar-refractivity contribution in [1.29, 1.82) is 0 Å². The number of allylic oxidation sites excluding steroid dienone is 6. The molecule has 0 aliphatic heterocycles. The second-order valence-electron chi connectivity index (χ2n) is 17.8. The van der Waals surface area contributed by atoms with E-state index < -0.39 is 26.5 Å². The zero-order valence-electron chi connectivity index (χ0n) is 39.7. The van der Waals surface area contributed by atoms with Gasteiger partial charge in [-0.2, -0.15) is 0 Å². The lowest BCUT2D eigenvalue weighted by molar-refractivity contribution is -0.870. The highest BCUT2D eigenvalue weighted by Crippen LogP contribution is 2.43. The normalized spacial score (nSPS) is 13.8. The summed E-state index contributed by atoms with van der Waals surface area (Å²) in [5.41, 5.74) is 0. The summed E-state index contributed by atoms with van der Waals surface area (Å²) in [4.78, 5) is 35.5. The summed E-state index contributed by atoms with van der Waals surface area (Å²) in [6.07, 6.45) is 49.0. The van der Waals surface area contributed by atoms with Crippen LogP contribution in [0.2, 0.25) is 0 Å². The van der Waals surface area contributed by atoms with Crippen LogP contribution in [0.1, 0.15) is 219 Å². The van der Waals surface area contributed by atoms with Gasteiger partial charge in [0.25, 0.3) is 0 Å². The van der Waals surface area contributed by atoms with Gasteiger partial charge in [-0.25, -0.2) is 4.57 Å². The van der Waals surface area contributed by atoms with E-state index in [1.165, 1.54) is 135 Å². The van der Waals surface area contributed by atoms with Gasteiger partial charge in [-0.1, -0.05) is 172 Å². The molecule has 0 aromatic rings. The van der Waals surface area contributed by atoms with Gasteiger partial charge in [-0.05, 0) is 70.6 Å². The van der Waals surface area contributed by atoms with Crippen molar-refractivity contribution in [2.75, 3.05) is 47.5 Å². The number of unbranched alkanes of at least 4 members (excludes halogenated alkanes) is 25. The molecule has 1 unspecified atom stereocenters. The van der Waals surface area contributed by atoms with Crippen molar-refractivity contribution in [3.8, 4) is 0 Å².